The normalized spacial score (nSPS) is 19.6. The molecule has 0 aliphatic carbocycles. The number of hydrogen-bond acceptors (Lipinski definition) is 2. The van der Waals surface area contributed by atoms with E-state index in [9.17, 15) is 18.0 Å². The van der Waals surface area contributed by atoms with E-state index in [2.05, 4.69) is 0 Å². The molecule has 5 heteroatoms. The first-order chi connectivity index (χ1) is 8.08. The molecule has 0 radical (unpaired) electrons. The zero-order valence-corrected chi connectivity index (χ0v) is 9.01. The molecule has 1 aliphatic rings. The molecule has 1 unspecified atom stereocenters. The number of rotatable bonds is 3. The molecule has 2 rings (SSSR count). The summed E-state index contributed by atoms with van der Waals surface area (Å²) in [5, 5.41) is 0. The van der Waals surface area contributed by atoms with Crippen molar-refractivity contribution < 1.29 is 22.7 Å². The average Bonchev–Trinajstić information content (AvgIpc) is 2.77. The molecule has 0 amide bonds. The van der Waals surface area contributed by atoms with E-state index in [0.717, 1.165) is 25.0 Å². The van der Waals surface area contributed by atoms with Crippen molar-refractivity contribution in [3.8, 4) is 0 Å². The lowest BCUT2D eigenvalue weighted by Crippen LogP contribution is -2.13. The Morgan fingerprint density at radius 3 is 2.47 bits per heavy atom. The molecule has 0 saturated carbocycles. The summed E-state index contributed by atoms with van der Waals surface area (Å²) in [7, 11) is 0. The molecule has 0 bridgehead atoms. The Kier molecular flexibility index (Phi) is 3.47. The summed E-state index contributed by atoms with van der Waals surface area (Å²) < 4.78 is 43.8. The minimum Gasteiger partial charge on any atom is -0.378 e. The van der Waals surface area contributed by atoms with Crippen LogP contribution < -0.4 is 0 Å². The van der Waals surface area contributed by atoms with Crippen LogP contribution in [0, 0.1) is 17.5 Å². The number of ketones is 1. The van der Waals surface area contributed by atoms with Crippen molar-refractivity contribution in [3.05, 3.63) is 35.1 Å². The van der Waals surface area contributed by atoms with Gasteiger partial charge in [0.15, 0.2) is 23.2 Å². The summed E-state index contributed by atoms with van der Waals surface area (Å²) in [6.45, 7) is 0.601. The Hall–Kier alpha value is -1.36. The molecule has 92 valence electrons. The van der Waals surface area contributed by atoms with Crippen LogP contribution in [0.5, 0.6) is 0 Å². The van der Waals surface area contributed by atoms with Crippen LogP contribution in [0.15, 0.2) is 12.1 Å². The van der Waals surface area contributed by atoms with E-state index in [1.807, 2.05) is 0 Å². The molecule has 1 heterocycles. The highest BCUT2D eigenvalue weighted by atomic mass is 19.2. The van der Waals surface area contributed by atoms with Gasteiger partial charge in [-0.15, -0.1) is 0 Å². The number of carbonyl (C=O) groups is 1. The van der Waals surface area contributed by atoms with E-state index < -0.39 is 23.2 Å². The number of halogens is 3. The van der Waals surface area contributed by atoms with Crippen molar-refractivity contribution in [2.75, 3.05) is 6.61 Å². The molecule has 0 N–H and O–H groups in total. The molecule has 1 atom stereocenters. The highest BCUT2D eigenvalue weighted by Crippen LogP contribution is 2.20. The van der Waals surface area contributed by atoms with Crippen molar-refractivity contribution in [2.45, 2.75) is 25.4 Å². The number of Topliss-reactive ketones (excluding diaryl/α,β-unsaturated/α-hetero) is 1. The van der Waals surface area contributed by atoms with Gasteiger partial charge in [-0.3, -0.25) is 4.79 Å². The largest absolute Gasteiger partial charge is 0.378 e. The molecule has 1 saturated heterocycles. The summed E-state index contributed by atoms with van der Waals surface area (Å²) in [5.41, 5.74) is -0.156. The first-order valence-electron chi connectivity index (χ1n) is 5.37. The predicted molar refractivity (Wildman–Crippen MR) is 54.2 cm³/mol. The summed E-state index contributed by atoms with van der Waals surface area (Å²) in [6, 6.07) is 1.44. The lowest BCUT2D eigenvalue weighted by Gasteiger charge is -2.08. The maximum atomic E-state index is 12.9. The maximum absolute atomic E-state index is 12.9. The third-order valence-electron chi connectivity index (χ3n) is 2.74. The van der Waals surface area contributed by atoms with Gasteiger partial charge in [0.25, 0.3) is 0 Å². The third kappa shape index (κ3) is 2.66. The fourth-order valence-corrected chi connectivity index (χ4v) is 1.85. The van der Waals surface area contributed by atoms with E-state index in [0.29, 0.717) is 6.61 Å². The molecule has 1 aromatic carbocycles. The predicted octanol–water partition coefficient (Wildman–Crippen LogP) is 2.86. The topological polar surface area (TPSA) is 26.3 Å². The van der Waals surface area contributed by atoms with Crippen LogP contribution in [-0.2, 0) is 4.74 Å². The highest BCUT2D eigenvalue weighted by molar-refractivity contribution is 5.96. The highest BCUT2D eigenvalue weighted by Gasteiger charge is 2.21. The summed E-state index contributed by atoms with van der Waals surface area (Å²) >= 11 is 0. The average molecular weight is 244 g/mol. The first kappa shape index (κ1) is 12.1. The van der Waals surface area contributed by atoms with E-state index >= 15 is 0 Å². The molecule has 0 spiro atoms. The van der Waals surface area contributed by atoms with Gasteiger partial charge >= 0.3 is 0 Å². The van der Waals surface area contributed by atoms with E-state index in [4.69, 9.17) is 4.74 Å². The molecule has 1 fully saturated rings. The number of benzene rings is 1. The smallest absolute Gasteiger partial charge is 0.194 e. The summed E-state index contributed by atoms with van der Waals surface area (Å²) in [5.74, 6) is -4.69. The van der Waals surface area contributed by atoms with Crippen LogP contribution in [-0.4, -0.2) is 18.5 Å². The Bertz CT molecular complexity index is 416. The second kappa shape index (κ2) is 4.87. The van der Waals surface area contributed by atoms with Crippen LogP contribution in [0.2, 0.25) is 0 Å². The summed E-state index contributed by atoms with van der Waals surface area (Å²) in [4.78, 5) is 11.7. The van der Waals surface area contributed by atoms with Gasteiger partial charge in [-0.25, -0.2) is 13.2 Å². The second-order valence-electron chi connectivity index (χ2n) is 4.02. The lowest BCUT2D eigenvalue weighted by atomic mass is 10.0. The van der Waals surface area contributed by atoms with Gasteiger partial charge in [-0.05, 0) is 25.0 Å². The standard InChI is InChI=1S/C12H11F3O2/c13-9-4-7(5-10(14)12(9)15)11(16)6-8-2-1-3-17-8/h4-5,8H,1-3,6H2. The number of carbonyl (C=O) groups excluding carboxylic acids is 1. The SMILES string of the molecule is O=C(CC1CCCO1)c1cc(F)c(F)c(F)c1. The quantitative estimate of drug-likeness (QED) is 0.603. The van der Waals surface area contributed by atoms with Gasteiger partial charge in [0.05, 0.1) is 6.10 Å². The molecule has 2 nitrogen and oxygen atoms in total. The zero-order chi connectivity index (χ0) is 12.4. The van der Waals surface area contributed by atoms with E-state index in [-0.39, 0.29) is 18.1 Å². The molecule has 1 aromatic rings. The van der Waals surface area contributed by atoms with Crippen molar-refractivity contribution in [3.63, 3.8) is 0 Å². The molecular formula is C12H11F3O2. The van der Waals surface area contributed by atoms with Crippen LogP contribution in [0.3, 0.4) is 0 Å². The van der Waals surface area contributed by atoms with Gasteiger partial charge < -0.3 is 4.74 Å². The lowest BCUT2D eigenvalue weighted by molar-refractivity contribution is 0.0774. The van der Waals surface area contributed by atoms with Crippen LogP contribution in [0.1, 0.15) is 29.6 Å². The van der Waals surface area contributed by atoms with Gasteiger partial charge in [0, 0.05) is 18.6 Å². The second-order valence-corrected chi connectivity index (χ2v) is 4.02. The first-order valence-corrected chi connectivity index (χ1v) is 5.37. The monoisotopic (exact) mass is 244 g/mol. The van der Waals surface area contributed by atoms with Gasteiger partial charge in [0.2, 0.25) is 0 Å². The van der Waals surface area contributed by atoms with E-state index in [1.54, 1.807) is 0 Å². The molecule has 17 heavy (non-hydrogen) atoms. The summed E-state index contributed by atoms with van der Waals surface area (Å²) in [6.07, 6.45) is 1.52. The molecule has 1 aliphatic heterocycles. The minimum absolute atomic E-state index is 0.0739. The third-order valence-corrected chi connectivity index (χ3v) is 2.74. The van der Waals surface area contributed by atoms with Gasteiger partial charge in [-0.2, -0.15) is 0 Å². The number of ether oxygens (including phenoxy) is 1. The fraction of sp³-hybridized carbons (Fsp3) is 0.417. The fourth-order valence-electron chi connectivity index (χ4n) is 1.85. The minimum atomic E-state index is -1.56. The van der Waals surface area contributed by atoms with Crippen LogP contribution in [0.25, 0.3) is 0 Å². The van der Waals surface area contributed by atoms with Crippen LogP contribution >= 0.6 is 0 Å². The maximum Gasteiger partial charge on any atom is 0.194 e. The molecular weight excluding hydrogens is 233 g/mol. The van der Waals surface area contributed by atoms with Gasteiger partial charge in [0.1, 0.15) is 0 Å². The Balaban J connectivity index is 2.13. The Morgan fingerprint density at radius 2 is 1.94 bits per heavy atom. The van der Waals surface area contributed by atoms with Crippen molar-refractivity contribution in [1.82, 2.24) is 0 Å². The van der Waals surface area contributed by atoms with E-state index in [1.165, 1.54) is 0 Å². The zero-order valence-electron chi connectivity index (χ0n) is 9.01. The van der Waals surface area contributed by atoms with Crippen molar-refractivity contribution in [2.24, 2.45) is 0 Å². The Labute approximate surface area is 96.4 Å². The Morgan fingerprint density at radius 1 is 1.29 bits per heavy atom. The van der Waals surface area contributed by atoms with Crippen molar-refractivity contribution >= 4 is 5.78 Å². The van der Waals surface area contributed by atoms with Crippen molar-refractivity contribution in [1.29, 1.82) is 0 Å². The van der Waals surface area contributed by atoms with Crippen LogP contribution in [0.4, 0.5) is 13.2 Å². The van der Waals surface area contributed by atoms with Gasteiger partial charge in [-0.1, -0.05) is 0 Å². The molecule has 0 aromatic heterocycles. The number of hydrogen-bond donors (Lipinski definition) is 0.